The van der Waals surface area contributed by atoms with Gasteiger partial charge in [-0.3, -0.25) is 9.59 Å². The average Bonchev–Trinajstić information content (AvgIpc) is 3.45. The second kappa shape index (κ2) is 17.2. The fraction of sp³-hybridized carbons (Fsp3) is 0.595. The number of amides is 2. The molecule has 272 valence electrons. The van der Waals surface area contributed by atoms with Crippen LogP contribution in [0.3, 0.4) is 0 Å². The third-order valence-corrected chi connectivity index (χ3v) is 14.2. The Labute approximate surface area is 298 Å². The Hall–Kier alpha value is -3.19. The zero-order chi connectivity index (χ0) is 36.6. The van der Waals surface area contributed by atoms with Gasteiger partial charge in [0.15, 0.2) is 0 Å². The van der Waals surface area contributed by atoms with Crippen LogP contribution >= 0.6 is 11.3 Å². The normalized spacial score (nSPS) is 17.2. The highest BCUT2D eigenvalue weighted by molar-refractivity contribution is 7.12. The fourth-order valence-corrected chi connectivity index (χ4v) is 6.93. The van der Waals surface area contributed by atoms with Crippen molar-refractivity contribution in [2.75, 3.05) is 13.1 Å². The molecule has 3 unspecified atom stereocenters. The van der Waals surface area contributed by atoms with Gasteiger partial charge in [0.1, 0.15) is 30.0 Å². The first kappa shape index (κ1) is 40.2. The van der Waals surface area contributed by atoms with Crippen LogP contribution in [0.15, 0.2) is 43.0 Å². The topological polar surface area (TPSA) is 118 Å². The van der Waals surface area contributed by atoms with Gasteiger partial charge in [-0.25, -0.2) is 15.2 Å². The summed E-state index contributed by atoms with van der Waals surface area (Å²) in [4.78, 5) is 41.5. The first-order chi connectivity index (χ1) is 22.8. The predicted molar refractivity (Wildman–Crippen MR) is 200 cm³/mol. The van der Waals surface area contributed by atoms with Gasteiger partial charge in [-0.2, -0.15) is 0 Å². The fourth-order valence-electron chi connectivity index (χ4n) is 5.13. The minimum atomic E-state index is -2.07. The molecule has 49 heavy (non-hydrogen) atoms. The number of hydrogen-bond donors (Lipinski definition) is 3. The van der Waals surface area contributed by atoms with Crippen molar-refractivity contribution < 1.29 is 28.3 Å². The van der Waals surface area contributed by atoms with E-state index in [2.05, 4.69) is 56.5 Å². The lowest BCUT2D eigenvalue weighted by atomic mass is 10.0. The van der Waals surface area contributed by atoms with E-state index in [4.69, 9.17) is 13.9 Å². The first-order valence-corrected chi connectivity index (χ1v) is 21.0. The zero-order valence-electron chi connectivity index (χ0n) is 31.1. The minimum Gasteiger partial charge on any atom is -0.543 e. The van der Waals surface area contributed by atoms with E-state index in [1.807, 2.05) is 55.3 Å². The lowest BCUT2D eigenvalue weighted by Crippen LogP contribution is -2.59. The van der Waals surface area contributed by atoms with Crippen molar-refractivity contribution in [1.29, 1.82) is 0 Å². The maximum absolute atomic E-state index is 13.8. The largest absolute Gasteiger partial charge is 0.543 e. The van der Waals surface area contributed by atoms with E-state index in [9.17, 15) is 14.4 Å². The van der Waals surface area contributed by atoms with E-state index in [0.717, 1.165) is 27.5 Å². The molecule has 1 aliphatic rings. The number of ether oxygens (including phenoxy) is 2. The highest BCUT2D eigenvalue weighted by atomic mass is 32.1. The van der Waals surface area contributed by atoms with Gasteiger partial charge in [-0.15, -0.1) is 11.3 Å². The molecule has 3 atom stereocenters. The van der Waals surface area contributed by atoms with Gasteiger partial charge < -0.3 is 24.5 Å². The maximum atomic E-state index is 13.8. The van der Waals surface area contributed by atoms with Crippen LogP contribution < -0.4 is 20.5 Å². The molecule has 0 bridgehead atoms. The number of esters is 1. The van der Waals surface area contributed by atoms with E-state index in [1.54, 1.807) is 38.2 Å². The molecule has 3 N–H and O–H groups in total. The Balaban J connectivity index is 1.78. The number of hydrogen-bond acceptors (Lipinski definition) is 9. The number of carbonyl (C=O) groups excluding carboxylic acids is 3. The average molecular weight is 715 g/mol. The molecule has 1 fully saturated rings. The Bertz CT molecular complexity index is 1430. The maximum Gasteiger partial charge on any atom is 0.408 e. The molecule has 10 nitrogen and oxygen atoms in total. The molecule has 2 heterocycles. The van der Waals surface area contributed by atoms with Crippen molar-refractivity contribution in [3.8, 4) is 5.75 Å². The number of benzene rings is 1. The Morgan fingerprint density at radius 3 is 2.43 bits per heavy atom. The Kier molecular flexibility index (Phi) is 14.1. The van der Waals surface area contributed by atoms with Crippen molar-refractivity contribution in [2.24, 2.45) is 5.92 Å². The molecule has 2 aromatic rings. The SMILES string of the molecule is C=Cc1ccc(COC(=O)C2CCCN(CC(Cc3cccc(O[Si](C)(C)C(C)(C)C)c3)NC(=O)C(NC(=O)OC(C)(C)C)C(C)C)N2)s1. The van der Waals surface area contributed by atoms with Gasteiger partial charge >= 0.3 is 12.1 Å². The summed E-state index contributed by atoms with van der Waals surface area (Å²) in [6, 6.07) is 10.3. The highest BCUT2D eigenvalue weighted by Crippen LogP contribution is 2.37. The molecule has 1 aromatic carbocycles. The molecule has 3 rings (SSSR count). The van der Waals surface area contributed by atoms with Crippen molar-refractivity contribution in [3.05, 3.63) is 58.3 Å². The highest BCUT2D eigenvalue weighted by Gasteiger charge is 2.39. The van der Waals surface area contributed by atoms with Gasteiger partial charge in [0, 0.05) is 28.9 Å². The number of thiophene rings is 1. The minimum absolute atomic E-state index is 0.0441. The van der Waals surface area contributed by atoms with E-state index < -0.39 is 32.1 Å². The summed E-state index contributed by atoms with van der Waals surface area (Å²) in [6.45, 7) is 25.3. The molecule has 1 aromatic heterocycles. The van der Waals surface area contributed by atoms with Gasteiger partial charge in [0.25, 0.3) is 0 Å². The number of carbonyl (C=O) groups is 3. The smallest absolute Gasteiger partial charge is 0.408 e. The molecular weight excluding hydrogens is 657 g/mol. The van der Waals surface area contributed by atoms with Crippen LogP contribution in [0.5, 0.6) is 5.75 Å². The van der Waals surface area contributed by atoms with Crippen LogP contribution in [-0.2, 0) is 32.1 Å². The van der Waals surface area contributed by atoms with Crippen molar-refractivity contribution >= 4 is 43.7 Å². The van der Waals surface area contributed by atoms with Crippen LogP contribution in [0.1, 0.15) is 83.5 Å². The molecule has 1 saturated heterocycles. The lowest BCUT2D eigenvalue weighted by molar-refractivity contribution is -0.150. The summed E-state index contributed by atoms with van der Waals surface area (Å²) in [5, 5.41) is 8.01. The van der Waals surface area contributed by atoms with E-state index in [0.29, 0.717) is 25.9 Å². The first-order valence-electron chi connectivity index (χ1n) is 17.2. The molecule has 12 heteroatoms. The molecule has 0 spiro atoms. The summed E-state index contributed by atoms with van der Waals surface area (Å²) < 4.78 is 17.7. The van der Waals surface area contributed by atoms with Crippen molar-refractivity contribution in [1.82, 2.24) is 21.1 Å². The summed E-state index contributed by atoms with van der Waals surface area (Å²) in [5.74, 6) is 0.0106. The van der Waals surface area contributed by atoms with Gasteiger partial charge in [-0.1, -0.05) is 59.4 Å². The van der Waals surface area contributed by atoms with E-state index in [-0.39, 0.29) is 35.5 Å². The van der Waals surface area contributed by atoms with Crippen LogP contribution in [0, 0.1) is 5.92 Å². The van der Waals surface area contributed by atoms with Gasteiger partial charge in [-0.05, 0) is 93.9 Å². The molecule has 0 saturated carbocycles. The quantitative estimate of drug-likeness (QED) is 0.141. The third kappa shape index (κ3) is 12.9. The molecule has 0 radical (unpaired) electrons. The van der Waals surface area contributed by atoms with Crippen molar-refractivity contribution in [2.45, 2.75) is 123 Å². The van der Waals surface area contributed by atoms with Gasteiger partial charge in [0.05, 0.1) is 0 Å². The standard InChI is InChI=1S/C37H58N4O6SSi/c1-12-29-18-19-30(48-29)24-45-34(43)31-17-14-20-41(40-31)23-27(38-33(42)32(25(2)3)39-35(44)46-36(4,5)6)21-26-15-13-16-28(22-26)47-49(10,11)37(7,8)9/h12-13,15-16,18-19,22,25,27,31-32,40H,1,14,17,20-21,23-24H2,2-11H3,(H,38,42)(H,39,44). The molecule has 0 aliphatic carbocycles. The van der Waals surface area contributed by atoms with Crippen LogP contribution in [0.2, 0.25) is 18.1 Å². The summed E-state index contributed by atoms with van der Waals surface area (Å²) in [7, 11) is -2.07. The van der Waals surface area contributed by atoms with Crippen molar-refractivity contribution in [3.63, 3.8) is 0 Å². The van der Waals surface area contributed by atoms with Gasteiger partial charge in [0.2, 0.25) is 14.2 Å². The zero-order valence-corrected chi connectivity index (χ0v) is 32.9. The van der Waals surface area contributed by atoms with E-state index >= 15 is 0 Å². The monoisotopic (exact) mass is 714 g/mol. The summed E-state index contributed by atoms with van der Waals surface area (Å²) in [5.41, 5.74) is 3.66. The number of hydrazine groups is 1. The van der Waals surface area contributed by atoms with E-state index in [1.165, 1.54) is 0 Å². The lowest BCUT2D eigenvalue weighted by Gasteiger charge is -2.37. The Morgan fingerprint density at radius 1 is 1.10 bits per heavy atom. The predicted octanol–water partition coefficient (Wildman–Crippen LogP) is 7.06. The summed E-state index contributed by atoms with van der Waals surface area (Å²) in [6.07, 6.45) is 3.08. The number of rotatable bonds is 14. The van der Waals surface area contributed by atoms with Crippen LogP contribution in [0.4, 0.5) is 4.79 Å². The number of nitrogens with one attached hydrogen (secondary N) is 3. The van der Waals surface area contributed by atoms with Crippen LogP contribution in [0.25, 0.3) is 6.08 Å². The second-order valence-electron chi connectivity index (χ2n) is 15.7. The molecule has 2 amide bonds. The summed E-state index contributed by atoms with van der Waals surface area (Å²) >= 11 is 1.54. The number of alkyl carbamates (subject to hydrolysis) is 1. The molecule has 1 aliphatic heterocycles. The van der Waals surface area contributed by atoms with Crippen LogP contribution in [-0.4, -0.2) is 68.1 Å². The Morgan fingerprint density at radius 2 is 1.82 bits per heavy atom. The molecular formula is C37H58N4O6SSi. The number of nitrogens with zero attached hydrogens (tertiary/aromatic N) is 1. The second-order valence-corrected chi connectivity index (χ2v) is 21.6. The third-order valence-electron chi connectivity index (χ3n) is 8.75.